The second-order valence-electron chi connectivity index (χ2n) is 8.11. The molecule has 2 heterocycles. The minimum Gasteiger partial charge on any atom is -0.379 e. The van der Waals surface area contributed by atoms with Crippen LogP contribution in [0.25, 0.3) is 21.8 Å². The topological polar surface area (TPSA) is 75.6 Å². The van der Waals surface area contributed by atoms with Crippen molar-refractivity contribution in [2.45, 2.75) is 18.4 Å². The van der Waals surface area contributed by atoms with Gasteiger partial charge < -0.3 is 19.9 Å². The molecule has 0 unspecified atom stereocenters. The van der Waals surface area contributed by atoms with Gasteiger partial charge in [-0.25, -0.2) is 8.42 Å². The van der Waals surface area contributed by atoms with E-state index < -0.39 is 10.0 Å². The predicted octanol–water partition coefficient (Wildman–Crippen LogP) is 4.64. The molecule has 1 aromatic heterocycles. The van der Waals surface area contributed by atoms with Crippen molar-refractivity contribution in [2.24, 2.45) is 0 Å². The van der Waals surface area contributed by atoms with Crippen LogP contribution in [0.15, 0.2) is 71.6 Å². The summed E-state index contributed by atoms with van der Waals surface area (Å²) in [6, 6.07) is 21.3. The summed E-state index contributed by atoms with van der Waals surface area (Å²) in [7, 11) is -3.52. The molecule has 3 aromatic carbocycles. The van der Waals surface area contributed by atoms with Gasteiger partial charge in [0.25, 0.3) is 0 Å². The Hall–Kier alpha value is -2.98. The number of aryl methyl sites for hydroxylation is 1. The number of thiocarbonyl (C=S) groups is 1. The Bertz CT molecular complexity index is 1460. The highest BCUT2D eigenvalue weighted by Crippen LogP contribution is 2.31. The third-order valence-electron chi connectivity index (χ3n) is 6.07. The molecule has 7 nitrogen and oxygen atoms in total. The van der Waals surface area contributed by atoms with Crippen LogP contribution in [-0.2, 0) is 21.3 Å². The highest BCUT2D eigenvalue weighted by atomic mass is 32.2. The molecule has 0 saturated carbocycles. The number of sulfonamides is 1. The highest BCUT2D eigenvalue weighted by Gasteiger charge is 2.26. The van der Waals surface area contributed by atoms with Gasteiger partial charge in [0.15, 0.2) is 5.11 Å². The Morgan fingerprint density at radius 3 is 2.29 bits per heavy atom. The fourth-order valence-electron chi connectivity index (χ4n) is 4.41. The Morgan fingerprint density at radius 1 is 0.912 bits per heavy atom. The van der Waals surface area contributed by atoms with E-state index in [1.165, 1.54) is 26.1 Å². The molecule has 4 aromatic rings. The lowest BCUT2D eigenvalue weighted by Crippen LogP contribution is -2.40. The van der Waals surface area contributed by atoms with Gasteiger partial charge >= 0.3 is 0 Å². The number of rotatable bonds is 5. The lowest BCUT2D eigenvalue weighted by molar-refractivity contribution is 0.0730. The Balaban J connectivity index is 1.31. The number of nitrogens with one attached hydrogen (secondary N) is 2. The number of hydrogen-bond acceptors (Lipinski definition) is 4. The standard InChI is InChI=1S/C25H26N4O3S2/c1-2-29-23-6-4-3-5-21(23)22-17-19(9-12-24(22)29)27-25(33)26-18-7-10-20(11-8-18)34(30,31)28-13-15-32-16-14-28/h3-12,17H,2,13-16H2,1H3,(H2,26,27,33). The number of morpholine rings is 1. The van der Waals surface area contributed by atoms with Crippen LogP contribution in [-0.4, -0.2) is 48.7 Å². The maximum absolute atomic E-state index is 12.8. The number of para-hydroxylation sites is 1. The predicted molar refractivity (Wildman–Crippen MR) is 141 cm³/mol. The summed E-state index contributed by atoms with van der Waals surface area (Å²) >= 11 is 5.51. The van der Waals surface area contributed by atoms with E-state index in [1.54, 1.807) is 24.3 Å². The average molecular weight is 495 g/mol. The van der Waals surface area contributed by atoms with Gasteiger partial charge in [-0.2, -0.15) is 4.31 Å². The van der Waals surface area contributed by atoms with Crippen LogP contribution in [0.5, 0.6) is 0 Å². The first-order valence-electron chi connectivity index (χ1n) is 11.2. The molecule has 0 radical (unpaired) electrons. The summed E-state index contributed by atoms with van der Waals surface area (Å²) in [5.41, 5.74) is 3.99. The summed E-state index contributed by atoms with van der Waals surface area (Å²) in [5, 5.41) is 9.19. The first-order chi connectivity index (χ1) is 16.5. The maximum Gasteiger partial charge on any atom is 0.243 e. The first-order valence-corrected chi connectivity index (χ1v) is 13.1. The van der Waals surface area contributed by atoms with Crippen LogP contribution in [0.1, 0.15) is 6.92 Å². The van der Waals surface area contributed by atoms with Crippen molar-refractivity contribution in [2.75, 3.05) is 36.9 Å². The van der Waals surface area contributed by atoms with E-state index >= 15 is 0 Å². The van der Waals surface area contributed by atoms with Crippen molar-refractivity contribution >= 4 is 60.5 Å². The van der Waals surface area contributed by atoms with Gasteiger partial charge in [-0.15, -0.1) is 0 Å². The molecule has 34 heavy (non-hydrogen) atoms. The van der Waals surface area contributed by atoms with E-state index in [2.05, 4.69) is 58.5 Å². The summed E-state index contributed by atoms with van der Waals surface area (Å²) < 4.78 is 34.6. The Morgan fingerprint density at radius 2 is 1.56 bits per heavy atom. The van der Waals surface area contributed by atoms with Crippen LogP contribution < -0.4 is 10.6 Å². The largest absolute Gasteiger partial charge is 0.379 e. The number of hydrogen-bond donors (Lipinski definition) is 2. The van der Waals surface area contributed by atoms with Crippen LogP contribution in [0.2, 0.25) is 0 Å². The molecule has 0 amide bonds. The zero-order valence-electron chi connectivity index (χ0n) is 18.8. The van der Waals surface area contributed by atoms with Crippen LogP contribution in [0.4, 0.5) is 11.4 Å². The molecule has 0 aliphatic carbocycles. The number of benzene rings is 3. The Labute approximate surface area is 204 Å². The summed E-state index contributed by atoms with van der Waals surface area (Å²) in [5.74, 6) is 0. The van der Waals surface area contributed by atoms with Gasteiger partial charge in [0, 0.05) is 52.8 Å². The smallest absolute Gasteiger partial charge is 0.243 e. The normalized spacial score (nSPS) is 15.0. The minimum atomic E-state index is -3.52. The summed E-state index contributed by atoms with van der Waals surface area (Å²) in [6.45, 7) is 4.63. The van der Waals surface area contributed by atoms with Crippen molar-refractivity contribution < 1.29 is 13.2 Å². The number of nitrogens with zero attached hydrogens (tertiary/aromatic N) is 2. The van der Waals surface area contributed by atoms with Gasteiger partial charge in [0.1, 0.15) is 0 Å². The lowest BCUT2D eigenvalue weighted by atomic mass is 10.1. The summed E-state index contributed by atoms with van der Waals surface area (Å²) in [6.07, 6.45) is 0. The van der Waals surface area contributed by atoms with Gasteiger partial charge in [0.05, 0.1) is 18.1 Å². The zero-order valence-corrected chi connectivity index (χ0v) is 20.5. The summed E-state index contributed by atoms with van der Waals surface area (Å²) in [4.78, 5) is 0.261. The molecule has 5 rings (SSSR count). The zero-order chi connectivity index (χ0) is 23.7. The third-order valence-corrected chi connectivity index (χ3v) is 8.18. The molecule has 9 heteroatoms. The monoisotopic (exact) mass is 494 g/mol. The van der Waals surface area contributed by atoms with E-state index in [4.69, 9.17) is 17.0 Å². The number of fused-ring (bicyclic) bond motifs is 3. The van der Waals surface area contributed by atoms with E-state index in [0.717, 1.165) is 12.2 Å². The van der Waals surface area contributed by atoms with E-state index in [1.807, 2.05) is 6.07 Å². The molecule has 176 valence electrons. The quantitative estimate of drug-likeness (QED) is 0.394. The highest BCUT2D eigenvalue weighted by molar-refractivity contribution is 7.89. The molecule has 1 aliphatic heterocycles. The van der Waals surface area contributed by atoms with Crippen LogP contribution in [0, 0.1) is 0 Å². The molecule has 1 saturated heterocycles. The number of aromatic nitrogens is 1. The van der Waals surface area contributed by atoms with Crippen LogP contribution in [0.3, 0.4) is 0 Å². The fourth-order valence-corrected chi connectivity index (χ4v) is 6.06. The second-order valence-corrected chi connectivity index (χ2v) is 10.5. The molecule has 0 bridgehead atoms. The molecular weight excluding hydrogens is 468 g/mol. The fraction of sp³-hybridized carbons (Fsp3) is 0.240. The van der Waals surface area contributed by atoms with Crippen molar-refractivity contribution in [1.82, 2.24) is 8.87 Å². The van der Waals surface area contributed by atoms with Crippen molar-refractivity contribution in [3.63, 3.8) is 0 Å². The first kappa shape index (κ1) is 22.8. The minimum absolute atomic E-state index is 0.261. The van der Waals surface area contributed by atoms with Gasteiger partial charge in [-0.1, -0.05) is 18.2 Å². The van der Waals surface area contributed by atoms with E-state index in [9.17, 15) is 8.42 Å². The SMILES string of the molecule is CCn1c2ccccc2c2cc(NC(=S)Nc3ccc(S(=O)(=O)N4CCOCC4)cc3)ccc21. The van der Waals surface area contributed by atoms with Crippen LogP contribution >= 0.6 is 12.2 Å². The van der Waals surface area contributed by atoms with Crippen molar-refractivity contribution in [3.05, 3.63) is 66.7 Å². The van der Waals surface area contributed by atoms with Crippen molar-refractivity contribution in [3.8, 4) is 0 Å². The maximum atomic E-state index is 12.8. The molecule has 2 N–H and O–H groups in total. The van der Waals surface area contributed by atoms with Crippen molar-refractivity contribution in [1.29, 1.82) is 0 Å². The molecule has 1 fully saturated rings. The average Bonchev–Trinajstić information content (AvgIpc) is 3.18. The lowest BCUT2D eigenvalue weighted by Gasteiger charge is -2.26. The number of ether oxygens (including phenoxy) is 1. The molecule has 0 atom stereocenters. The Kier molecular flexibility index (Phi) is 6.26. The van der Waals surface area contributed by atoms with Gasteiger partial charge in [-0.05, 0) is 67.7 Å². The third kappa shape index (κ3) is 4.27. The van der Waals surface area contributed by atoms with Gasteiger partial charge in [-0.3, -0.25) is 0 Å². The number of anilines is 2. The molecule has 0 spiro atoms. The van der Waals surface area contributed by atoms with Gasteiger partial charge in [0.2, 0.25) is 10.0 Å². The molecule has 1 aliphatic rings. The second kappa shape index (κ2) is 9.34. The van der Waals surface area contributed by atoms with E-state index in [-0.39, 0.29) is 4.90 Å². The molecular formula is C25H26N4O3S2. The van der Waals surface area contributed by atoms with E-state index in [0.29, 0.717) is 37.1 Å².